The van der Waals surface area contributed by atoms with Crippen molar-refractivity contribution in [3.8, 4) is 0 Å². The van der Waals surface area contributed by atoms with Crippen LogP contribution in [-0.2, 0) is 0 Å². The van der Waals surface area contributed by atoms with E-state index in [9.17, 15) is 25.0 Å². The average molecular weight is 349 g/mol. The van der Waals surface area contributed by atoms with Crippen LogP contribution in [0.4, 0.5) is 21.9 Å². The highest BCUT2D eigenvalue weighted by Crippen LogP contribution is 2.21. The van der Waals surface area contributed by atoms with E-state index >= 15 is 0 Å². The lowest BCUT2D eigenvalue weighted by atomic mass is 10.2. The first kappa shape index (κ1) is 17.0. The molecule has 0 aliphatic carbocycles. The molecule has 0 unspecified atom stereocenters. The lowest BCUT2D eigenvalue weighted by Crippen LogP contribution is -2.19. The molecule has 2 rings (SSSR count). The number of nitro groups is 2. The van der Waals surface area contributed by atoms with Crippen LogP contribution in [0.2, 0.25) is 0 Å². The van der Waals surface area contributed by atoms with E-state index in [0.29, 0.717) is 5.56 Å². The van der Waals surface area contributed by atoms with E-state index in [1.165, 1.54) is 54.7 Å². The monoisotopic (exact) mass is 348 g/mol. The lowest BCUT2D eigenvalue weighted by molar-refractivity contribution is -0.385. The maximum Gasteiger partial charge on any atom is 0.341 e. The molecule has 9 nitrogen and oxygen atoms in total. The summed E-state index contributed by atoms with van der Waals surface area (Å²) < 4.78 is 0. The van der Waals surface area contributed by atoms with Gasteiger partial charge in [0.15, 0.2) is 0 Å². The maximum absolute atomic E-state index is 11.5. The Hall–Kier alpha value is -3.33. The van der Waals surface area contributed by atoms with Gasteiger partial charge in [0.25, 0.3) is 11.4 Å². The molecular weight excluding hydrogens is 340 g/mol. The number of amides is 1. The molecule has 122 valence electrons. The zero-order chi connectivity index (χ0) is 17.7. The number of hydrogen-bond acceptors (Lipinski definition) is 6. The van der Waals surface area contributed by atoms with Crippen molar-refractivity contribution in [3.63, 3.8) is 0 Å². The second kappa shape index (κ2) is 7.29. The van der Waals surface area contributed by atoms with Gasteiger partial charge in [-0.3, -0.25) is 25.0 Å². The molecule has 24 heavy (non-hydrogen) atoms. The molecular formula is C14H9ClN4O5. The van der Waals surface area contributed by atoms with Crippen molar-refractivity contribution in [2.75, 3.05) is 5.01 Å². The molecule has 1 amide bonds. The summed E-state index contributed by atoms with van der Waals surface area (Å²) in [7, 11) is 0. The third kappa shape index (κ3) is 4.11. The van der Waals surface area contributed by atoms with Crippen LogP contribution in [0.3, 0.4) is 0 Å². The van der Waals surface area contributed by atoms with Gasteiger partial charge in [0, 0.05) is 24.3 Å². The Labute approximate surface area is 140 Å². The zero-order valence-electron chi connectivity index (χ0n) is 11.9. The number of carbonyl (C=O) groups excluding carboxylic acids is 1. The molecule has 0 saturated carbocycles. The van der Waals surface area contributed by atoms with Crippen molar-refractivity contribution < 1.29 is 14.6 Å². The van der Waals surface area contributed by atoms with Crippen molar-refractivity contribution in [2.24, 2.45) is 5.10 Å². The van der Waals surface area contributed by atoms with Crippen molar-refractivity contribution >= 4 is 40.2 Å². The first-order valence-electron chi connectivity index (χ1n) is 6.41. The third-order valence-corrected chi connectivity index (χ3v) is 3.06. The number of halogens is 1. The van der Waals surface area contributed by atoms with Crippen molar-refractivity contribution in [1.82, 2.24) is 0 Å². The Morgan fingerprint density at radius 1 is 0.958 bits per heavy atom. The van der Waals surface area contributed by atoms with Crippen molar-refractivity contribution in [1.29, 1.82) is 0 Å². The molecule has 0 heterocycles. The van der Waals surface area contributed by atoms with Crippen LogP contribution in [0.15, 0.2) is 53.6 Å². The lowest BCUT2D eigenvalue weighted by Gasteiger charge is -2.12. The van der Waals surface area contributed by atoms with E-state index in [1.54, 1.807) is 0 Å². The minimum Gasteiger partial charge on any atom is -0.258 e. The predicted octanol–water partition coefficient (Wildman–Crippen LogP) is 3.70. The second-order valence-corrected chi connectivity index (χ2v) is 4.75. The van der Waals surface area contributed by atoms with Gasteiger partial charge in [-0.15, -0.1) is 0 Å². The number of nitro benzene ring substituents is 2. The number of non-ortho nitro benzene ring substituents is 2. The first-order chi connectivity index (χ1) is 11.4. The van der Waals surface area contributed by atoms with Crippen LogP contribution < -0.4 is 5.01 Å². The summed E-state index contributed by atoms with van der Waals surface area (Å²) in [6, 6.07) is 10.6. The summed E-state index contributed by atoms with van der Waals surface area (Å²) >= 11 is 5.46. The Balaban J connectivity index is 2.23. The van der Waals surface area contributed by atoms with Gasteiger partial charge in [0.2, 0.25) is 0 Å². The summed E-state index contributed by atoms with van der Waals surface area (Å²) in [6.07, 6.45) is 1.28. The molecule has 0 aliphatic heterocycles. The number of hydrazone groups is 1. The number of rotatable bonds is 5. The van der Waals surface area contributed by atoms with E-state index in [-0.39, 0.29) is 17.1 Å². The van der Waals surface area contributed by atoms with Gasteiger partial charge in [-0.25, -0.2) is 0 Å². The zero-order valence-corrected chi connectivity index (χ0v) is 12.7. The number of hydrogen-bond donors (Lipinski definition) is 0. The van der Waals surface area contributed by atoms with Crippen LogP contribution in [0.25, 0.3) is 0 Å². The van der Waals surface area contributed by atoms with E-state index in [0.717, 1.165) is 5.01 Å². The number of nitrogens with zero attached hydrogens (tertiary/aromatic N) is 4. The van der Waals surface area contributed by atoms with Crippen molar-refractivity contribution in [3.05, 3.63) is 74.3 Å². The highest BCUT2D eigenvalue weighted by molar-refractivity contribution is 6.66. The Bertz CT molecular complexity index is 805. The predicted molar refractivity (Wildman–Crippen MR) is 87.5 cm³/mol. The quantitative estimate of drug-likeness (QED) is 0.268. The molecule has 0 fully saturated rings. The highest BCUT2D eigenvalue weighted by Gasteiger charge is 2.14. The van der Waals surface area contributed by atoms with Gasteiger partial charge in [-0.1, -0.05) is 0 Å². The van der Waals surface area contributed by atoms with Crippen molar-refractivity contribution in [2.45, 2.75) is 0 Å². The van der Waals surface area contributed by atoms with Crippen LogP contribution in [0.5, 0.6) is 0 Å². The van der Waals surface area contributed by atoms with Crippen LogP contribution in [0, 0.1) is 20.2 Å². The molecule has 0 saturated heterocycles. The first-order valence-corrected chi connectivity index (χ1v) is 6.79. The second-order valence-electron chi connectivity index (χ2n) is 4.43. The minimum absolute atomic E-state index is 0.0761. The molecule has 0 radical (unpaired) electrons. The minimum atomic E-state index is -0.915. The molecule has 0 aromatic heterocycles. The fraction of sp³-hybridized carbons (Fsp3) is 0. The topological polar surface area (TPSA) is 119 Å². The highest BCUT2D eigenvalue weighted by atomic mass is 35.5. The standard InChI is InChI=1S/C14H9ClN4O5/c15-14(20)17(11-5-7-13(8-6-11)19(23)24)16-9-10-1-3-12(4-2-10)18(21)22/h1-9H/b16-9+. The van der Waals surface area contributed by atoms with Gasteiger partial charge < -0.3 is 0 Å². The molecule has 0 N–H and O–H groups in total. The molecule has 0 atom stereocenters. The van der Waals surface area contributed by atoms with Crippen LogP contribution in [-0.4, -0.2) is 21.4 Å². The largest absolute Gasteiger partial charge is 0.341 e. The number of benzene rings is 2. The normalized spacial score (nSPS) is 10.5. The summed E-state index contributed by atoms with van der Waals surface area (Å²) in [5.74, 6) is 0. The van der Waals surface area contributed by atoms with Gasteiger partial charge >= 0.3 is 5.37 Å². The fourth-order valence-electron chi connectivity index (χ4n) is 1.74. The Morgan fingerprint density at radius 3 is 1.83 bits per heavy atom. The van der Waals surface area contributed by atoms with Crippen LogP contribution in [0.1, 0.15) is 5.56 Å². The van der Waals surface area contributed by atoms with E-state index in [1.807, 2.05) is 0 Å². The molecule has 0 spiro atoms. The van der Waals surface area contributed by atoms with E-state index in [2.05, 4.69) is 5.10 Å². The smallest absolute Gasteiger partial charge is 0.258 e. The van der Waals surface area contributed by atoms with Crippen LogP contribution >= 0.6 is 11.6 Å². The average Bonchev–Trinajstić information content (AvgIpc) is 2.55. The molecule has 10 heteroatoms. The SMILES string of the molecule is O=C(Cl)N(/N=C/c1ccc([N+](=O)[O-])cc1)c1ccc([N+](=O)[O-])cc1. The van der Waals surface area contributed by atoms with Gasteiger partial charge in [-0.05, 0) is 41.4 Å². The maximum atomic E-state index is 11.5. The van der Waals surface area contributed by atoms with Gasteiger partial charge in [-0.2, -0.15) is 10.1 Å². The molecule has 0 aliphatic rings. The van der Waals surface area contributed by atoms with Gasteiger partial charge in [0.05, 0.1) is 21.7 Å². The number of anilines is 1. The summed E-state index contributed by atoms with van der Waals surface area (Å²) in [5.41, 5.74) is 0.525. The Kier molecular flexibility index (Phi) is 5.17. The third-order valence-electron chi connectivity index (χ3n) is 2.90. The van der Waals surface area contributed by atoms with E-state index in [4.69, 9.17) is 11.6 Å². The summed E-state index contributed by atoms with van der Waals surface area (Å²) in [5, 5.41) is 25.0. The summed E-state index contributed by atoms with van der Waals surface area (Å²) in [6.45, 7) is 0. The molecule has 2 aromatic rings. The van der Waals surface area contributed by atoms with E-state index < -0.39 is 15.2 Å². The molecule has 2 aromatic carbocycles. The summed E-state index contributed by atoms with van der Waals surface area (Å²) in [4.78, 5) is 31.6. The number of carbonyl (C=O) groups is 1. The molecule has 0 bridgehead atoms. The fourth-order valence-corrected chi connectivity index (χ4v) is 1.88. The Morgan fingerprint density at radius 2 is 1.42 bits per heavy atom. The van der Waals surface area contributed by atoms with Gasteiger partial charge in [0.1, 0.15) is 0 Å².